The van der Waals surface area contributed by atoms with E-state index in [1.165, 1.54) is 4.68 Å². The van der Waals surface area contributed by atoms with Gasteiger partial charge in [-0.2, -0.15) is 9.78 Å². The lowest BCUT2D eigenvalue weighted by Gasteiger charge is -2.13. The summed E-state index contributed by atoms with van der Waals surface area (Å²) in [7, 11) is 0. The van der Waals surface area contributed by atoms with Crippen LogP contribution in [-0.4, -0.2) is 34.6 Å². The summed E-state index contributed by atoms with van der Waals surface area (Å²) in [5.41, 5.74) is 1.22. The third-order valence-corrected chi connectivity index (χ3v) is 4.98. The molecular formula is C23H24BrN3O4. The van der Waals surface area contributed by atoms with Gasteiger partial charge in [0.1, 0.15) is 11.6 Å². The Morgan fingerprint density at radius 2 is 1.97 bits per heavy atom. The molecule has 0 unspecified atom stereocenters. The largest absolute Gasteiger partial charge is 0.479 e. The van der Waals surface area contributed by atoms with E-state index in [2.05, 4.69) is 26.0 Å². The minimum absolute atomic E-state index is 0.214. The Morgan fingerprint density at radius 3 is 2.65 bits per heavy atom. The van der Waals surface area contributed by atoms with Gasteiger partial charge in [-0.15, -0.1) is 0 Å². The first-order valence-electron chi connectivity index (χ1n) is 10.1. The molecule has 0 radical (unpaired) electrons. The summed E-state index contributed by atoms with van der Waals surface area (Å²) in [6.07, 6.45) is 2.38. The number of rotatable bonds is 8. The summed E-state index contributed by atoms with van der Waals surface area (Å²) in [4.78, 5) is 29.3. The maximum Gasteiger partial charge on any atom is 0.347 e. The predicted octanol–water partition coefficient (Wildman–Crippen LogP) is 4.32. The monoisotopic (exact) mass is 485 g/mol. The van der Waals surface area contributed by atoms with Gasteiger partial charge in [-0.3, -0.25) is 4.79 Å². The maximum absolute atomic E-state index is 13.0. The van der Waals surface area contributed by atoms with E-state index in [-0.39, 0.29) is 5.56 Å². The molecule has 0 saturated heterocycles. The lowest BCUT2D eigenvalue weighted by atomic mass is 10.2. The fourth-order valence-corrected chi connectivity index (χ4v) is 3.33. The Labute approximate surface area is 188 Å². The van der Waals surface area contributed by atoms with Crippen LogP contribution in [0.5, 0.6) is 5.75 Å². The number of hydrogen-bond acceptors (Lipinski definition) is 6. The van der Waals surface area contributed by atoms with E-state index in [1.54, 1.807) is 50.4 Å². The van der Waals surface area contributed by atoms with Crippen LogP contribution in [0.4, 0.5) is 0 Å². The molecule has 1 aromatic heterocycles. The predicted molar refractivity (Wildman–Crippen MR) is 124 cm³/mol. The van der Waals surface area contributed by atoms with Crippen LogP contribution in [0.1, 0.15) is 38.6 Å². The number of ether oxygens (including phenoxy) is 2. The Kier molecular flexibility index (Phi) is 7.57. The molecule has 0 aliphatic carbocycles. The Morgan fingerprint density at radius 1 is 1.23 bits per heavy atom. The molecule has 1 atom stereocenters. The minimum atomic E-state index is -0.697. The summed E-state index contributed by atoms with van der Waals surface area (Å²) >= 11 is 3.40. The van der Waals surface area contributed by atoms with Crippen LogP contribution >= 0.6 is 15.9 Å². The molecule has 0 N–H and O–H groups in total. The lowest BCUT2D eigenvalue weighted by molar-refractivity contribution is -0.150. The zero-order chi connectivity index (χ0) is 22.4. The van der Waals surface area contributed by atoms with E-state index in [0.717, 1.165) is 16.5 Å². The van der Waals surface area contributed by atoms with E-state index >= 15 is 0 Å². The van der Waals surface area contributed by atoms with Gasteiger partial charge in [-0.1, -0.05) is 22.9 Å². The summed E-state index contributed by atoms with van der Waals surface area (Å²) in [5, 5.41) is 4.91. The van der Waals surface area contributed by atoms with Crippen LogP contribution in [0, 0.1) is 0 Å². The molecule has 0 saturated carbocycles. The standard InChI is InChI=1S/C23H24BrN3O4/c1-4-6-21-26-20-12-9-17(24)13-19(20)22(28)27(21)25-14-16-7-10-18(11-8-16)31-15(3)23(29)30-5-2/h7-15H,4-6H2,1-3H3/t15-/m1/s1. The molecule has 0 bridgehead atoms. The Bertz CT molecular complexity index is 1160. The number of esters is 1. The fraction of sp³-hybridized carbons (Fsp3) is 0.304. The summed E-state index contributed by atoms with van der Waals surface area (Å²) < 4.78 is 12.7. The summed E-state index contributed by atoms with van der Waals surface area (Å²) in [6.45, 7) is 5.73. The number of carbonyl (C=O) groups is 1. The normalized spacial score (nSPS) is 12.3. The molecule has 1 heterocycles. The number of hydrogen-bond donors (Lipinski definition) is 0. The van der Waals surface area contributed by atoms with Crippen LogP contribution in [0.15, 0.2) is 56.8 Å². The molecule has 162 valence electrons. The molecule has 31 heavy (non-hydrogen) atoms. The van der Waals surface area contributed by atoms with Crippen molar-refractivity contribution in [3.05, 3.63) is 68.7 Å². The molecule has 3 aromatic rings. The first kappa shape index (κ1) is 22.7. The number of carbonyl (C=O) groups excluding carboxylic acids is 1. The molecule has 0 aliphatic heterocycles. The molecule has 0 amide bonds. The number of halogens is 1. The molecule has 0 fully saturated rings. The van der Waals surface area contributed by atoms with Gasteiger partial charge in [0, 0.05) is 10.9 Å². The smallest absolute Gasteiger partial charge is 0.347 e. The first-order chi connectivity index (χ1) is 14.9. The number of aryl methyl sites for hydroxylation is 1. The number of benzene rings is 2. The van der Waals surface area contributed by atoms with Crippen molar-refractivity contribution in [2.24, 2.45) is 5.10 Å². The van der Waals surface area contributed by atoms with E-state index in [4.69, 9.17) is 9.47 Å². The van der Waals surface area contributed by atoms with Gasteiger partial charge >= 0.3 is 5.97 Å². The van der Waals surface area contributed by atoms with Crippen molar-refractivity contribution < 1.29 is 14.3 Å². The number of nitrogens with zero attached hydrogens (tertiary/aromatic N) is 3. The van der Waals surface area contributed by atoms with Gasteiger partial charge in [0.05, 0.1) is 23.7 Å². The zero-order valence-corrected chi connectivity index (χ0v) is 19.3. The highest BCUT2D eigenvalue weighted by Gasteiger charge is 2.15. The van der Waals surface area contributed by atoms with Gasteiger partial charge in [-0.25, -0.2) is 9.78 Å². The average molecular weight is 486 g/mol. The quantitative estimate of drug-likeness (QED) is 0.350. The highest BCUT2D eigenvalue weighted by molar-refractivity contribution is 9.10. The van der Waals surface area contributed by atoms with Crippen molar-refractivity contribution in [1.82, 2.24) is 9.66 Å². The van der Waals surface area contributed by atoms with Crippen molar-refractivity contribution in [2.45, 2.75) is 39.7 Å². The van der Waals surface area contributed by atoms with Crippen LogP contribution in [0.2, 0.25) is 0 Å². The minimum Gasteiger partial charge on any atom is -0.479 e. The van der Waals surface area contributed by atoms with Crippen molar-refractivity contribution in [1.29, 1.82) is 0 Å². The van der Waals surface area contributed by atoms with Crippen molar-refractivity contribution in [3.8, 4) is 5.75 Å². The Hall–Kier alpha value is -3.00. The van der Waals surface area contributed by atoms with E-state index in [1.807, 2.05) is 19.1 Å². The highest BCUT2D eigenvalue weighted by atomic mass is 79.9. The fourth-order valence-electron chi connectivity index (χ4n) is 2.97. The lowest BCUT2D eigenvalue weighted by Crippen LogP contribution is -2.26. The molecular weight excluding hydrogens is 462 g/mol. The molecule has 8 heteroatoms. The third kappa shape index (κ3) is 5.58. The van der Waals surface area contributed by atoms with Gasteiger partial charge in [0.2, 0.25) is 0 Å². The van der Waals surface area contributed by atoms with Gasteiger partial charge in [0.25, 0.3) is 5.56 Å². The van der Waals surface area contributed by atoms with Crippen LogP contribution < -0.4 is 10.3 Å². The van der Waals surface area contributed by atoms with Gasteiger partial charge in [0.15, 0.2) is 6.10 Å². The van der Waals surface area contributed by atoms with Gasteiger partial charge in [-0.05, 0) is 68.3 Å². The molecule has 0 spiro atoms. The number of fused-ring (bicyclic) bond motifs is 1. The average Bonchev–Trinajstić information content (AvgIpc) is 2.75. The topological polar surface area (TPSA) is 82.8 Å². The molecule has 7 nitrogen and oxygen atoms in total. The van der Waals surface area contributed by atoms with Crippen molar-refractivity contribution >= 4 is 39.0 Å². The van der Waals surface area contributed by atoms with E-state index in [9.17, 15) is 9.59 Å². The van der Waals surface area contributed by atoms with Crippen LogP contribution in [0.3, 0.4) is 0 Å². The SMILES string of the molecule is CCCc1nc2ccc(Br)cc2c(=O)n1N=Cc1ccc(O[C@H](C)C(=O)OCC)cc1. The maximum atomic E-state index is 13.0. The second-order valence-electron chi connectivity index (χ2n) is 6.88. The van der Waals surface area contributed by atoms with E-state index in [0.29, 0.717) is 35.5 Å². The van der Waals surface area contributed by atoms with Crippen LogP contribution in [0.25, 0.3) is 10.9 Å². The van der Waals surface area contributed by atoms with Crippen molar-refractivity contribution in [3.63, 3.8) is 0 Å². The third-order valence-electron chi connectivity index (χ3n) is 4.48. The number of aromatic nitrogens is 2. The molecule has 3 rings (SSSR count). The molecule has 2 aromatic carbocycles. The second-order valence-corrected chi connectivity index (χ2v) is 7.80. The Balaban J connectivity index is 1.85. The van der Waals surface area contributed by atoms with Crippen LogP contribution in [-0.2, 0) is 16.0 Å². The zero-order valence-electron chi connectivity index (χ0n) is 17.7. The highest BCUT2D eigenvalue weighted by Crippen LogP contribution is 2.17. The first-order valence-corrected chi connectivity index (χ1v) is 10.9. The molecule has 0 aliphatic rings. The van der Waals surface area contributed by atoms with E-state index < -0.39 is 12.1 Å². The second kappa shape index (κ2) is 10.3. The summed E-state index contributed by atoms with van der Waals surface area (Å²) in [6, 6.07) is 12.5. The van der Waals surface area contributed by atoms with Gasteiger partial charge < -0.3 is 9.47 Å². The van der Waals surface area contributed by atoms with Crippen molar-refractivity contribution in [2.75, 3.05) is 6.61 Å². The summed E-state index contributed by atoms with van der Waals surface area (Å²) in [5.74, 6) is 0.743.